The lowest BCUT2D eigenvalue weighted by Gasteiger charge is -2.26. The van der Waals surface area contributed by atoms with Crippen LogP contribution in [0.15, 0.2) is 18.2 Å². The van der Waals surface area contributed by atoms with Gasteiger partial charge in [-0.3, -0.25) is 9.59 Å². The summed E-state index contributed by atoms with van der Waals surface area (Å²) in [6.45, 7) is 2.48. The summed E-state index contributed by atoms with van der Waals surface area (Å²) < 4.78 is 10.2. The summed E-state index contributed by atoms with van der Waals surface area (Å²) in [6, 6.07) is 4.84. The molecule has 1 N–H and O–H groups in total. The molecule has 0 aromatic heterocycles. The second kappa shape index (κ2) is 6.38. The van der Waals surface area contributed by atoms with Crippen LogP contribution < -0.4 is 14.8 Å². The Morgan fingerprint density at radius 2 is 1.85 bits per heavy atom. The zero-order valence-corrected chi connectivity index (χ0v) is 11.6. The Labute approximate surface area is 117 Å². The van der Waals surface area contributed by atoms with Gasteiger partial charge in [0.1, 0.15) is 11.5 Å². The number of amides is 1. The number of methoxy groups -OCH3 is 2. The van der Waals surface area contributed by atoms with Crippen LogP contribution in [0.25, 0.3) is 0 Å². The summed E-state index contributed by atoms with van der Waals surface area (Å²) in [7, 11) is 2.97. The number of carbonyl (C=O) groups excluding carboxylic acids is 2. The van der Waals surface area contributed by atoms with Crippen LogP contribution in [0.1, 0.15) is 10.4 Å². The van der Waals surface area contributed by atoms with Gasteiger partial charge in [0.15, 0.2) is 0 Å². The average molecular weight is 278 g/mol. The van der Waals surface area contributed by atoms with E-state index in [1.165, 1.54) is 20.3 Å². The number of hydrogen-bond donors (Lipinski definition) is 1. The van der Waals surface area contributed by atoms with Crippen molar-refractivity contribution in [1.29, 1.82) is 0 Å². The molecule has 1 aromatic carbocycles. The minimum absolute atomic E-state index is 0.232. The summed E-state index contributed by atoms with van der Waals surface area (Å²) in [5.41, 5.74) is 0.232. The lowest BCUT2D eigenvalue weighted by Crippen LogP contribution is -2.48. The van der Waals surface area contributed by atoms with Crippen LogP contribution >= 0.6 is 0 Å². The van der Waals surface area contributed by atoms with E-state index < -0.39 is 11.7 Å². The van der Waals surface area contributed by atoms with Gasteiger partial charge in [-0.1, -0.05) is 0 Å². The van der Waals surface area contributed by atoms with Crippen molar-refractivity contribution in [2.24, 2.45) is 0 Å². The smallest absolute Gasteiger partial charge is 0.295 e. The molecule has 1 amide bonds. The third-order valence-corrected chi connectivity index (χ3v) is 3.25. The van der Waals surface area contributed by atoms with E-state index >= 15 is 0 Å². The molecular formula is C14H18N2O4. The molecule has 0 saturated carbocycles. The van der Waals surface area contributed by atoms with Crippen LogP contribution in [0, 0.1) is 0 Å². The molecule has 0 aliphatic carbocycles. The summed E-state index contributed by atoms with van der Waals surface area (Å²) in [6.07, 6.45) is 0. The number of ether oxygens (including phenoxy) is 2. The van der Waals surface area contributed by atoms with Gasteiger partial charge in [0.25, 0.3) is 11.7 Å². The first-order valence-corrected chi connectivity index (χ1v) is 6.43. The number of hydrogen-bond acceptors (Lipinski definition) is 5. The molecule has 1 aliphatic heterocycles. The average Bonchev–Trinajstić information content (AvgIpc) is 2.53. The van der Waals surface area contributed by atoms with Crippen LogP contribution in [-0.2, 0) is 4.79 Å². The molecule has 6 nitrogen and oxygen atoms in total. The molecule has 108 valence electrons. The fourth-order valence-corrected chi connectivity index (χ4v) is 2.12. The van der Waals surface area contributed by atoms with Crippen LogP contribution in [0.5, 0.6) is 11.5 Å². The van der Waals surface area contributed by atoms with Crippen LogP contribution in [0.4, 0.5) is 0 Å². The third-order valence-electron chi connectivity index (χ3n) is 3.25. The Kier molecular flexibility index (Phi) is 4.57. The van der Waals surface area contributed by atoms with Gasteiger partial charge in [0.2, 0.25) is 0 Å². The van der Waals surface area contributed by atoms with Gasteiger partial charge in [-0.25, -0.2) is 0 Å². The monoisotopic (exact) mass is 278 g/mol. The number of rotatable bonds is 4. The predicted molar refractivity (Wildman–Crippen MR) is 73.3 cm³/mol. The number of nitrogens with zero attached hydrogens (tertiary/aromatic N) is 1. The Bertz CT molecular complexity index is 510. The molecule has 6 heteroatoms. The lowest BCUT2D eigenvalue weighted by molar-refractivity contribution is -0.127. The van der Waals surface area contributed by atoms with Gasteiger partial charge in [0, 0.05) is 26.2 Å². The van der Waals surface area contributed by atoms with E-state index in [4.69, 9.17) is 9.47 Å². The number of benzene rings is 1. The molecule has 1 saturated heterocycles. The van der Waals surface area contributed by atoms with Crippen molar-refractivity contribution in [1.82, 2.24) is 10.2 Å². The normalized spacial score (nSPS) is 14.8. The van der Waals surface area contributed by atoms with Crippen LogP contribution in [0.3, 0.4) is 0 Å². The number of nitrogens with one attached hydrogen (secondary N) is 1. The Balaban J connectivity index is 2.24. The summed E-state index contributed by atoms with van der Waals surface area (Å²) in [5.74, 6) is -0.178. The lowest BCUT2D eigenvalue weighted by atomic mass is 10.1. The number of ketones is 1. The summed E-state index contributed by atoms with van der Waals surface area (Å²) in [5, 5.41) is 3.14. The molecule has 20 heavy (non-hydrogen) atoms. The number of carbonyl (C=O) groups is 2. The predicted octanol–water partition coefficient (Wildman–Crippen LogP) is 0.318. The largest absolute Gasteiger partial charge is 0.497 e. The van der Waals surface area contributed by atoms with Gasteiger partial charge in [-0.05, 0) is 18.2 Å². The van der Waals surface area contributed by atoms with Crippen molar-refractivity contribution in [3.63, 3.8) is 0 Å². The van der Waals surface area contributed by atoms with Crippen molar-refractivity contribution in [2.45, 2.75) is 0 Å². The standard InChI is InChI=1S/C14H18N2O4/c1-19-10-3-4-12(20-2)11(9-10)13(17)14(18)16-7-5-15-6-8-16/h3-4,9,15H,5-8H2,1-2H3. The molecule has 1 aromatic rings. The highest BCUT2D eigenvalue weighted by Crippen LogP contribution is 2.24. The van der Waals surface area contributed by atoms with E-state index in [0.29, 0.717) is 37.7 Å². The molecule has 1 fully saturated rings. The van der Waals surface area contributed by atoms with E-state index in [-0.39, 0.29) is 5.56 Å². The highest BCUT2D eigenvalue weighted by atomic mass is 16.5. The van der Waals surface area contributed by atoms with Crippen molar-refractivity contribution >= 4 is 11.7 Å². The molecule has 0 unspecified atom stereocenters. The van der Waals surface area contributed by atoms with Gasteiger partial charge in [-0.2, -0.15) is 0 Å². The van der Waals surface area contributed by atoms with Gasteiger partial charge < -0.3 is 19.7 Å². The van der Waals surface area contributed by atoms with Crippen LogP contribution in [0.2, 0.25) is 0 Å². The highest BCUT2D eigenvalue weighted by Gasteiger charge is 2.27. The van der Waals surface area contributed by atoms with E-state index in [0.717, 1.165) is 0 Å². The van der Waals surface area contributed by atoms with Crippen molar-refractivity contribution in [3.05, 3.63) is 23.8 Å². The zero-order chi connectivity index (χ0) is 14.5. The Morgan fingerprint density at radius 1 is 1.15 bits per heavy atom. The third kappa shape index (κ3) is 2.91. The molecule has 1 aliphatic rings. The van der Waals surface area contributed by atoms with Crippen LogP contribution in [-0.4, -0.2) is 57.0 Å². The van der Waals surface area contributed by atoms with E-state index in [1.54, 1.807) is 17.0 Å². The topological polar surface area (TPSA) is 67.9 Å². The van der Waals surface area contributed by atoms with Crippen molar-refractivity contribution in [2.75, 3.05) is 40.4 Å². The second-order valence-corrected chi connectivity index (χ2v) is 4.44. The van der Waals surface area contributed by atoms with E-state index in [9.17, 15) is 9.59 Å². The summed E-state index contributed by atoms with van der Waals surface area (Å²) >= 11 is 0. The highest BCUT2D eigenvalue weighted by molar-refractivity contribution is 6.43. The Morgan fingerprint density at radius 3 is 2.45 bits per heavy atom. The zero-order valence-electron chi connectivity index (χ0n) is 11.6. The fourth-order valence-electron chi connectivity index (χ4n) is 2.12. The molecule has 2 rings (SSSR count). The molecule has 0 atom stereocenters. The molecule has 0 radical (unpaired) electrons. The SMILES string of the molecule is COc1ccc(OC)c(C(=O)C(=O)N2CCNCC2)c1. The van der Waals surface area contributed by atoms with Gasteiger partial charge in [-0.15, -0.1) is 0 Å². The second-order valence-electron chi connectivity index (χ2n) is 4.44. The fraction of sp³-hybridized carbons (Fsp3) is 0.429. The minimum atomic E-state index is -0.567. The van der Waals surface area contributed by atoms with Gasteiger partial charge >= 0.3 is 0 Å². The number of Topliss-reactive ketones (excluding diaryl/α,β-unsaturated/α-hetero) is 1. The number of piperazine rings is 1. The summed E-state index contributed by atoms with van der Waals surface area (Å²) in [4.78, 5) is 26.1. The maximum Gasteiger partial charge on any atom is 0.295 e. The molecular weight excluding hydrogens is 260 g/mol. The van der Waals surface area contributed by atoms with E-state index in [2.05, 4.69) is 5.32 Å². The van der Waals surface area contributed by atoms with Gasteiger partial charge in [0.05, 0.1) is 19.8 Å². The van der Waals surface area contributed by atoms with Crippen molar-refractivity contribution in [3.8, 4) is 11.5 Å². The Hall–Kier alpha value is -2.08. The van der Waals surface area contributed by atoms with Crippen molar-refractivity contribution < 1.29 is 19.1 Å². The minimum Gasteiger partial charge on any atom is -0.497 e. The first kappa shape index (κ1) is 14.3. The molecule has 0 bridgehead atoms. The molecule has 0 spiro atoms. The quantitative estimate of drug-likeness (QED) is 0.634. The maximum atomic E-state index is 12.3. The maximum absolute atomic E-state index is 12.3. The first-order valence-electron chi connectivity index (χ1n) is 6.43. The molecule has 1 heterocycles. The van der Waals surface area contributed by atoms with E-state index in [1.807, 2.05) is 0 Å². The first-order chi connectivity index (χ1) is 9.67.